The van der Waals surface area contributed by atoms with Crippen LogP contribution in [0.15, 0.2) is 23.1 Å². The van der Waals surface area contributed by atoms with Crippen LogP contribution >= 0.6 is 0 Å². The fourth-order valence-corrected chi connectivity index (χ4v) is 5.50. The average Bonchev–Trinajstić information content (AvgIpc) is 2.49. The van der Waals surface area contributed by atoms with Crippen molar-refractivity contribution in [3.63, 3.8) is 0 Å². The zero-order valence-corrected chi connectivity index (χ0v) is 18.5. The van der Waals surface area contributed by atoms with Gasteiger partial charge in [0.1, 0.15) is 5.75 Å². The second-order valence-corrected chi connectivity index (χ2v) is 10.8. The number of nitrogens with one attached hydrogen (secondary N) is 2. The summed E-state index contributed by atoms with van der Waals surface area (Å²) in [7, 11) is -3.56. The predicted octanol–water partition coefficient (Wildman–Crippen LogP) is 4.15. The van der Waals surface area contributed by atoms with Crippen LogP contribution in [-0.2, 0) is 10.0 Å². The quantitative estimate of drug-likeness (QED) is 0.648. The maximum atomic E-state index is 12.9. The van der Waals surface area contributed by atoms with Crippen molar-refractivity contribution in [2.75, 3.05) is 6.61 Å². The van der Waals surface area contributed by atoms with Crippen LogP contribution in [-0.4, -0.2) is 32.1 Å². The maximum Gasteiger partial charge on any atom is 0.240 e. The first kappa shape index (κ1) is 22.2. The second-order valence-electron chi connectivity index (χ2n) is 9.10. The molecule has 0 aromatic heterocycles. The second kappa shape index (κ2) is 8.50. The van der Waals surface area contributed by atoms with Gasteiger partial charge in [-0.1, -0.05) is 19.8 Å². The third kappa shape index (κ3) is 6.47. The Hall–Kier alpha value is -1.11. The van der Waals surface area contributed by atoms with Crippen molar-refractivity contribution in [2.24, 2.45) is 0 Å². The van der Waals surface area contributed by atoms with Crippen LogP contribution in [0.3, 0.4) is 0 Å². The number of hydrogen-bond acceptors (Lipinski definition) is 4. The number of rotatable bonds is 8. The van der Waals surface area contributed by atoms with Gasteiger partial charge < -0.3 is 10.1 Å². The minimum absolute atomic E-state index is 0.0912. The lowest BCUT2D eigenvalue weighted by Gasteiger charge is -2.46. The Balaban J connectivity index is 2.09. The van der Waals surface area contributed by atoms with E-state index in [2.05, 4.69) is 44.7 Å². The van der Waals surface area contributed by atoms with Crippen molar-refractivity contribution in [3.8, 4) is 5.75 Å². The molecular formula is C21H36N2O3S. The molecule has 0 saturated carbocycles. The summed E-state index contributed by atoms with van der Waals surface area (Å²) in [5.74, 6) is 0.759. The van der Waals surface area contributed by atoms with E-state index in [1.54, 1.807) is 18.2 Å². The first-order chi connectivity index (χ1) is 12.4. The van der Waals surface area contributed by atoms with Crippen molar-refractivity contribution in [1.29, 1.82) is 0 Å². The highest BCUT2D eigenvalue weighted by atomic mass is 32.2. The zero-order valence-electron chi connectivity index (χ0n) is 17.7. The Morgan fingerprint density at radius 1 is 1.15 bits per heavy atom. The fraction of sp³-hybridized carbons (Fsp3) is 0.714. The SMILES string of the molecule is CCCCCOc1ccc(S(=O)(=O)NC2CC(C)(C)NC(C)(C)C2)cc1C. The van der Waals surface area contributed by atoms with Crippen LogP contribution in [0.1, 0.15) is 72.3 Å². The van der Waals surface area contributed by atoms with Gasteiger partial charge in [0, 0.05) is 17.1 Å². The summed E-state index contributed by atoms with van der Waals surface area (Å²) in [5, 5.41) is 3.58. The number of hydrogen-bond donors (Lipinski definition) is 2. The molecule has 6 heteroatoms. The minimum atomic E-state index is -3.56. The smallest absolute Gasteiger partial charge is 0.240 e. The van der Waals surface area contributed by atoms with Crippen LogP contribution in [0.4, 0.5) is 0 Å². The van der Waals surface area contributed by atoms with Gasteiger partial charge in [-0.3, -0.25) is 0 Å². The van der Waals surface area contributed by atoms with Crippen LogP contribution < -0.4 is 14.8 Å². The van der Waals surface area contributed by atoms with Gasteiger partial charge >= 0.3 is 0 Å². The average molecular weight is 397 g/mol. The van der Waals surface area contributed by atoms with Gasteiger partial charge in [-0.25, -0.2) is 13.1 Å². The zero-order chi connectivity index (χ0) is 20.3. The van der Waals surface area contributed by atoms with Crippen molar-refractivity contribution in [2.45, 2.75) is 95.7 Å². The van der Waals surface area contributed by atoms with Crippen LogP contribution in [0.5, 0.6) is 5.75 Å². The van der Waals surface area contributed by atoms with Gasteiger partial charge in [0.2, 0.25) is 10.0 Å². The standard InChI is InChI=1S/C21H36N2O3S/c1-7-8-9-12-26-19-11-10-18(13-16(19)2)27(24,25)22-17-14-20(3,4)23-21(5,6)15-17/h10-11,13,17,22-23H,7-9,12,14-15H2,1-6H3. The molecule has 1 heterocycles. The largest absolute Gasteiger partial charge is 0.493 e. The highest BCUT2D eigenvalue weighted by Crippen LogP contribution is 2.30. The molecule has 1 saturated heterocycles. The Bertz CT molecular complexity index is 726. The Kier molecular flexibility index (Phi) is 6.98. The fourth-order valence-electron chi connectivity index (χ4n) is 4.18. The van der Waals surface area contributed by atoms with E-state index < -0.39 is 10.0 Å². The lowest BCUT2D eigenvalue weighted by atomic mass is 9.80. The number of aryl methyl sites for hydroxylation is 1. The summed E-state index contributed by atoms with van der Waals surface area (Å²) < 4.78 is 34.5. The molecule has 5 nitrogen and oxygen atoms in total. The molecule has 27 heavy (non-hydrogen) atoms. The molecule has 1 fully saturated rings. The summed E-state index contributed by atoms with van der Waals surface area (Å²) in [6.07, 6.45) is 4.81. The number of unbranched alkanes of at least 4 members (excludes halogenated alkanes) is 2. The van der Waals surface area contributed by atoms with Gasteiger partial charge in [-0.2, -0.15) is 0 Å². The number of ether oxygens (including phenoxy) is 1. The summed E-state index contributed by atoms with van der Waals surface area (Å²) in [5.41, 5.74) is 0.627. The van der Waals surface area contributed by atoms with Gasteiger partial charge in [0.15, 0.2) is 0 Å². The summed E-state index contributed by atoms with van der Waals surface area (Å²) >= 11 is 0. The Morgan fingerprint density at radius 3 is 2.33 bits per heavy atom. The number of sulfonamides is 1. The molecule has 154 valence electrons. The molecule has 0 radical (unpaired) electrons. The van der Waals surface area contributed by atoms with E-state index in [0.717, 1.165) is 43.4 Å². The lowest BCUT2D eigenvalue weighted by Crippen LogP contribution is -2.62. The van der Waals surface area contributed by atoms with Crippen LogP contribution in [0, 0.1) is 6.92 Å². The van der Waals surface area contributed by atoms with E-state index >= 15 is 0 Å². The van der Waals surface area contributed by atoms with Crippen molar-refractivity contribution < 1.29 is 13.2 Å². The molecule has 0 bridgehead atoms. The molecule has 2 rings (SSSR count). The maximum absolute atomic E-state index is 12.9. The molecule has 2 N–H and O–H groups in total. The molecule has 1 aliphatic rings. The molecule has 1 aromatic rings. The molecule has 1 aromatic carbocycles. The molecule has 0 atom stereocenters. The summed E-state index contributed by atoms with van der Waals surface area (Å²) in [4.78, 5) is 0.301. The molecule has 0 aliphatic carbocycles. The van der Waals surface area contributed by atoms with Crippen LogP contribution in [0.2, 0.25) is 0 Å². The van der Waals surface area contributed by atoms with Crippen molar-refractivity contribution >= 4 is 10.0 Å². The first-order valence-corrected chi connectivity index (χ1v) is 11.5. The third-order valence-corrected chi connectivity index (χ3v) is 6.49. The number of piperidine rings is 1. The minimum Gasteiger partial charge on any atom is -0.493 e. The summed E-state index contributed by atoms with van der Waals surface area (Å²) in [6, 6.07) is 5.02. The highest BCUT2D eigenvalue weighted by Gasteiger charge is 2.39. The van der Waals surface area contributed by atoms with Crippen LogP contribution in [0.25, 0.3) is 0 Å². The van der Waals surface area contributed by atoms with Crippen molar-refractivity contribution in [3.05, 3.63) is 23.8 Å². The van der Waals surface area contributed by atoms with E-state index in [1.165, 1.54) is 0 Å². The topological polar surface area (TPSA) is 67.4 Å². The molecule has 1 aliphatic heterocycles. The van der Waals surface area contributed by atoms with Gasteiger partial charge in [-0.15, -0.1) is 0 Å². The lowest BCUT2D eigenvalue weighted by molar-refractivity contribution is 0.157. The molecule has 0 spiro atoms. The highest BCUT2D eigenvalue weighted by molar-refractivity contribution is 7.89. The number of benzene rings is 1. The molecule has 0 unspecified atom stereocenters. The van der Waals surface area contributed by atoms with E-state index in [-0.39, 0.29) is 17.1 Å². The Morgan fingerprint density at radius 2 is 1.78 bits per heavy atom. The van der Waals surface area contributed by atoms with E-state index in [1.807, 2.05) is 6.92 Å². The van der Waals surface area contributed by atoms with E-state index in [4.69, 9.17) is 4.74 Å². The summed E-state index contributed by atoms with van der Waals surface area (Å²) in [6.45, 7) is 13.2. The van der Waals surface area contributed by atoms with Gasteiger partial charge in [0.25, 0.3) is 0 Å². The van der Waals surface area contributed by atoms with Crippen molar-refractivity contribution in [1.82, 2.24) is 10.0 Å². The van der Waals surface area contributed by atoms with E-state index in [0.29, 0.717) is 11.5 Å². The van der Waals surface area contributed by atoms with E-state index in [9.17, 15) is 8.42 Å². The third-order valence-electron chi connectivity index (χ3n) is 4.97. The predicted molar refractivity (Wildman–Crippen MR) is 111 cm³/mol. The first-order valence-electron chi connectivity index (χ1n) is 9.99. The Labute approximate surface area is 165 Å². The van der Waals surface area contributed by atoms with Gasteiger partial charge in [-0.05, 0) is 77.6 Å². The monoisotopic (exact) mass is 396 g/mol. The normalized spacial score (nSPS) is 19.8. The molecule has 0 amide bonds. The molecular weight excluding hydrogens is 360 g/mol. The van der Waals surface area contributed by atoms with Gasteiger partial charge in [0.05, 0.1) is 11.5 Å².